The second kappa shape index (κ2) is 5.50. The van der Waals surface area contributed by atoms with E-state index in [1.165, 1.54) is 30.4 Å². The molecule has 3 heteroatoms. The molecule has 0 radical (unpaired) electrons. The molecule has 0 aromatic carbocycles. The molecule has 3 N–H and O–H groups in total. The monoisotopic (exact) mass is 233 g/mol. The lowest BCUT2D eigenvalue weighted by Crippen LogP contribution is -2.24. The lowest BCUT2D eigenvalue weighted by Gasteiger charge is -2.20. The highest BCUT2D eigenvalue weighted by Crippen LogP contribution is 2.38. The van der Waals surface area contributed by atoms with Crippen molar-refractivity contribution in [3.05, 3.63) is 23.4 Å². The first-order valence-corrected chi connectivity index (χ1v) is 6.66. The number of rotatable bonds is 6. The van der Waals surface area contributed by atoms with Gasteiger partial charge in [0.25, 0.3) is 0 Å². The van der Waals surface area contributed by atoms with Crippen LogP contribution in [0.3, 0.4) is 0 Å². The molecule has 1 aliphatic rings. The minimum absolute atomic E-state index is 0.384. The lowest BCUT2D eigenvalue weighted by molar-refractivity contribution is 0.474. The average Bonchev–Trinajstić information content (AvgIpc) is 3.11. The molecule has 1 aromatic heterocycles. The van der Waals surface area contributed by atoms with Gasteiger partial charge in [-0.15, -0.1) is 0 Å². The van der Waals surface area contributed by atoms with Crippen LogP contribution in [0.1, 0.15) is 49.8 Å². The number of nitrogens with one attached hydrogen (secondary N) is 1. The first-order valence-electron chi connectivity index (χ1n) is 6.66. The molecule has 1 aliphatic carbocycles. The van der Waals surface area contributed by atoms with Crippen LogP contribution in [-0.4, -0.2) is 11.5 Å². The molecule has 1 heterocycles. The zero-order valence-corrected chi connectivity index (χ0v) is 10.9. The predicted molar refractivity (Wildman–Crippen MR) is 71.8 cm³/mol. The third-order valence-corrected chi connectivity index (χ3v) is 3.37. The SMILES string of the molecule is CCCNC(CC1CC1)c1cc(C)cnc1N. The molecule has 1 saturated carbocycles. The van der Waals surface area contributed by atoms with Gasteiger partial charge in [0.1, 0.15) is 5.82 Å². The summed E-state index contributed by atoms with van der Waals surface area (Å²) in [7, 11) is 0. The maximum atomic E-state index is 6.01. The van der Waals surface area contributed by atoms with Crippen LogP contribution in [0.4, 0.5) is 5.82 Å². The number of hydrogen-bond donors (Lipinski definition) is 2. The summed E-state index contributed by atoms with van der Waals surface area (Å²) in [6, 6.07) is 2.56. The number of anilines is 1. The summed E-state index contributed by atoms with van der Waals surface area (Å²) >= 11 is 0. The fraction of sp³-hybridized carbons (Fsp3) is 0.643. The first-order chi connectivity index (χ1) is 8.20. The molecule has 1 atom stereocenters. The summed E-state index contributed by atoms with van der Waals surface area (Å²) in [4.78, 5) is 4.27. The maximum Gasteiger partial charge on any atom is 0.128 e. The van der Waals surface area contributed by atoms with Crippen LogP contribution in [0, 0.1) is 12.8 Å². The van der Waals surface area contributed by atoms with Gasteiger partial charge in [0, 0.05) is 17.8 Å². The van der Waals surface area contributed by atoms with Crippen LogP contribution >= 0.6 is 0 Å². The van der Waals surface area contributed by atoms with Gasteiger partial charge >= 0.3 is 0 Å². The van der Waals surface area contributed by atoms with Crippen molar-refractivity contribution >= 4 is 5.82 Å². The smallest absolute Gasteiger partial charge is 0.128 e. The highest BCUT2D eigenvalue weighted by molar-refractivity contribution is 5.43. The standard InChI is InChI=1S/C14H23N3/c1-3-6-16-13(8-11-4-5-11)12-7-10(2)9-17-14(12)15/h7,9,11,13,16H,3-6,8H2,1-2H3,(H2,15,17). The van der Waals surface area contributed by atoms with Gasteiger partial charge in [0.2, 0.25) is 0 Å². The van der Waals surface area contributed by atoms with Gasteiger partial charge in [-0.3, -0.25) is 0 Å². The summed E-state index contributed by atoms with van der Waals surface area (Å²) in [6.45, 7) is 5.31. The van der Waals surface area contributed by atoms with Crippen LogP contribution in [0.15, 0.2) is 12.3 Å². The highest BCUT2D eigenvalue weighted by Gasteiger charge is 2.27. The van der Waals surface area contributed by atoms with E-state index in [1.807, 2.05) is 6.20 Å². The van der Waals surface area contributed by atoms with E-state index in [0.717, 1.165) is 18.9 Å². The Labute approximate surface area is 104 Å². The number of aryl methyl sites for hydroxylation is 1. The Morgan fingerprint density at radius 2 is 2.29 bits per heavy atom. The van der Waals surface area contributed by atoms with Crippen molar-refractivity contribution in [2.24, 2.45) is 5.92 Å². The summed E-state index contributed by atoms with van der Waals surface area (Å²) in [5.74, 6) is 1.58. The van der Waals surface area contributed by atoms with Gasteiger partial charge in [-0.05, 0) is 43.9 Å². The molecule has 94 valence electrons. The maximum absolute atomic E-state index is 6.01. The van der Waals surface area contributed by atoms with E-state index in [4.69, 9.17) is 5.73 Å². The third kappa shape index (κ3) is 3.43. The fourth-order valence-electron chi connectivity index (χ4n) is 2.21. The summed E-state index contributed by atoms with van der Waals surface area (Å²) in [5.41, 5.74) is 8.38. The average molecular weight is 233 g/mol. The van der Waals surface area contributed by atoms with Crippen LogP contribution in [0.5, 0.6) is 0 Å². The zero-order chi connectivity index (χ0) is 12.3. The molecular weight excluding hydrogens is 210 g/mol. The Balaban J connectivity index is 2.13. The van der Waals surface area contributed by atoms with Crippen molar-refractivity contribution in [1.29, 1.82) is 0 Å². The van der Waals surface area contributed by atoms with Gasteiger partial charge in [-0.1, -0.05) is 19.8 Å². The van der Waals surface area contributed by atoms with Gasteiger partial charge in [-0.2, -0.15) is 0 Å². The topological polar surface area (TPSA) is 50.9 Å². The predicted octanol–water partition coefficient (Wildman–Crippen LogP) is 2.81. The van der Waals surface area contributed by atoms with E-state index in [0.29, 0.717) is 11.9 Å². The molecule has 0 amide bonds. The van der Waals surface area contributed by atoms with Crippen molar-refractivity contribution in [3.8, 4) is 0 Å². The van der Waals surface area contributed by atoms with E-state index in [9.17, 15) is 0 Å². The minimum Gasteiger partial charge on any atom is -0.383 e. The largest absolute Gasteiger partial charge is 0.383 e. The van der Waals surface area contributed by atoms with E-state index in [-0.39, 0.29) is 0 Å². The minimum atomic E-state index is 0.384. The van der Waals surface area contributed by atoms with Crippen molar-refractivity contribution < 1.29 is 0 Å². The second-order valence-electron chi connectivity index (χ2n) is 5.17. The Hall–Kier alpha value is -1.09. The lowest BCUT2D eigenvalue weighted by atomic mass is 10.0. The van der Waals surface area contributed by atoms with Crippen molar-refractivity contribution in [3.63, 3.8) is 0 Å². The van der Waals surface area contributed by atoms with Crippen molar-refractivity contribution in [2.45, 2.75) is 45.6 Å². The molecule has 0 saturated heterocycles. The highest BCUT2D eigenvalue weighted by atomic mass is 14.9. The molecule has 3 nitrogen and oxygen atoms in total. The second-order valence-corrected chi connectivity index (χ2v) is 5.17. The molecule has 0 spiro atoms. The van der Waals surface area contributed by atoms with Gasteiger partial charge in [-0.25, -0.2) is 4.98 Å². The molecule has 17 heavy (non-hydrogen) atoms. The Bertz CT molecular complexity index is 372. The molecule has 1 aromatic rings. The Kier molecular flexibility index (Phi) is 4.00. The molecular formula is C14H23N3. The Morgan fingerprint density at radius 1 is 1.53 bits per heavy atom. The number of nitrogens with two attached hydrogens (primary N) is 1. The zero-order valence-electron chi connectivity index (χ0n) is 10.9. The van der Waals surface area contributed by atoms with Gasteiger partial charge < -0.3 is 11.1 Å². The number of pyridine rings is 1. The van der Waals surface area contributed by atoms with Crippen LogP contribution in [0.2, 0.25) is 0 Å². The van der Waals surface area contributed by atoms with Crippen LogP contribution in [0.25, 0.3) is 0 Å². The molecule has 1 unspecified atom stereocenters. The number of nitrogen functional groups attached to an aromatic ring is 1. The van der Waals surface area contributed by atoms with E-state index in [2.05, 4.69) is 30.2 Å². The molecule has 2 rings (SSSR count). The summed E-state index contributed by atoms with van der Waals surface area (Å²) < 4.78 is 0. The van der Waals surface area contributed by atoms with Crippen molar-refractivity contribution in [2.75, 3.05) is 12.3 Å². The number of hydrogen-bond acceptors (Lipinski definition) is 3. The quantitative estimate of drug-likeness (QED) is 0.794. The fourth-order valence-corrected chi connectivity index (χ4v) is 2.21. The van der Waals surface area contributed by atoms with E-state index >= 15 is 0 Å². The molecule has 0 aliphatic heterocycles. The van der Waals surface area contributed by atoms with Crippen molar-refractivity contribution in [1.82, 2.24) is 10.3 Å². The van der Waals surface area contributed by atoms with E-state index < -0.39 is 0 Å². The van der Waals surface area contributed by atoms with E-state index in [1.54, 1.807) is 0 Å². The van der Waals surface area contributed by atoms with Crippen LogP contribution in [-0.2, 0) is 0 Å². The summed E-state index contributed by atoms with van der Waals surface area (Å²) in [6.07, 6.45) is 6.95. The van der Waals surface area contributed by atoms with Gasteiger partial charge in [0.05, 0.1) is 0 Å². The van der Waals surface area contributed by atoms with Crippen LogP contribution < -0.4 is 11.1 Å². The van der Waals surface area contributed by atoms with Gasteiger partial charge in [0.15, 0.2) is 0 Å². The normalized spacial score (nSPS) is 17.1. The Morgan fingerprint density at radius 3 is 2.94 bits per heavy atom. The number of aromatic nitrogens is 1. The number of nitrogens with zero attached hydrogens (tertiary/aromatic N) is 1. The summed E-state index contributed by atoms with van der Waals surface area (Å²) in [5, 5.41) is 3.61. The first kappa shape index (κ1) is 12.4. The molecule has 0 bridgehead atoms. The molecule has 1 fully saturated rings. The third-order valence-electron chi connectivity index (χ3n) is 3.37.